The van der Waals surface area contributed by atoms with Gasteiger partial charge in [0.2, 0.25) is 12.1 Å². The van der Waals surface area contributed by atoms with E-state index in [9.17, 15) is 20.4 Å². The zero-order valence-electron chi connectivity index (χ0n) is 18.9. The van der Waals surface area contributed by atoms with Gasteiger partial charge in [-0.2, -0.15) is 0 Å². The predicted molar refractivity (Wildman–Crippen MR) is 114 cm³/mol. The van der Waals surface area contributed by atoms with E-state index in [0.717, 1.165) is 5.69 Å². The molecule has 0 spiro atoms. The fraction of sp³-hybridized carbons (Fsp3) is 0.783. The van der Waals surface area contributed by atoms with Crippen molar-refractivity contribution in [3.63, 3.8) is 0 Å². The van der Waals surface area contributed by atoms with Crippen molar-refractivity contribution in [2.45, 2.75) is 100 Å². The summed E-state index contributed by atoms with van der Waals surface area (Å²) < 4.78 is 18.1. The number of aryl methyl sites for hydroxylation is 1. The zero-order valence-corrected chi connectivity index (χ0v) is 18.9. The third-order valence-electron chi connectivity index (χ3n) is 7.38. The lowest BCUT2D eigenvalue weighted by Gasteiger charge is -2.60. The van der Waals surface area contributed by atoms with Gasteiger partial charge in [0, 0.05) is 24.2 Å². The first-order valence-electron chi connectivity index (χ1n) is 11.6. The Morgan fingerprint density at radius 3 is 2.59 bits per heavy atom. The van der Waals surface area contributed by atoms with Crippen LogP contribution in [-0.4, -0.2) is 86.7 Å². The number of fused-ring (bicyclic) bond motifs is 2. The number of aromatic nitrogens is 1. The van der Waals surface area contributed by atoms with E-state index >= 15 is 0 Å². The van der Waals surface area contributed by atoms with Crippen LogP contribution < -0.4 is 5.32 Å². The standard InChI is InChI=1S/C23H36N2O7/c1-4-15-17(26)16(24-3)19-20(18(15)27)31-21-23(29,32-19)22(28,12-13(2)30-21)10-7-9-14-8-5-6-11-25-14/h5-6,8,11,13,15-21,24,26-29H,4,7,9-10,12H2,1-3H3/t13-,15-,16+,17+,18+,19-,20-,21+,22+,23-/m1/s1. The average Bonchev–Trinajstić information content (AvgIpc) is 2.75. The molecule has 2 aliphatic heterocycles. The van der Waals surface area contributed by atoms with E-state index in [1.54, 1.807) is 13.2 Å². The molecule has 9 heteroatoms. The van der Waals surface area contributed by atoms with Crippen molar-refractivity contribution in [2.24, 2.45) is 5.92 Å². The number of ether oxygens (including phenoxy) is 3. The van der Waals surface area contributed by atoms with Crippen molar-refractivity contribution in [3.8, 4) is 0 Å². The maximum atomic E-state index is 11.7. The number of likely N-dealkylation sites (N-methyl/N-ethyl adjacent to an activating group) is 1. The third kappa shape index (κ3) is 3.99. The van der Waals surface area contributed by atoms with E-state index in [-0.39, 0.29) is 18.9 Å². The lowest BCUT2D eigenvalue weighted by molar-refractivity contribution is -0.485. The Morgan fingerprint density at radius 1 is 1.16 bits per heavy atom. The maximum absolute atomic E-state index is 11.7. The Kier molecular flexibility index (Phi) is 6.91. The number of pyridine rings is 1. The number of aliphatic hydroxyl groups is 4. The van der Waals surface area contributed by atoms with Crippen LogP contribution in [0.5, 0.6) is 0 Å². The number of nitrogens with zero attached hydrogens (tertiary/aromatic N) is 1. The van der Waals surface area contributed by atoms with E-state index in [0.29, 0.717) is 19.3 Å². The second-order valence-electron chi connectivity index (χ2n) is 9.44. The molecule has 1 aromatic rings. The molecule has 0 aromatic carbocycles. The minimum atomic E-state index is -2.14. The summed E-state index contributed by atoms with van der Waals surface area (Å²) in [5, 5.41) is 48.0. The summed E-state index contributed by atoms with van der Waals surface area (Å²) >= 11 is 0. The van der Waals surface area contributed by atoms with Gasteiger partial charge in [0.05, 0.1) is 24.4 Å². The highest BCUT2D eigenvalue weighted by atomic mass is 16.8. The van der Waals surface area contributed by atoms with Crippen LogP contribution in [0.1, 0.15) is 45.2 Å². The number of nitrogens with one attached hydrogen (secondary N) is 1. The molecular weight excluding hydrogens is 416 g/mol. The summed E-state index contributed by atoms with van der Waals surface area (Å²) in [7, 11) is 1.69. The Balaban J connectivity index is 1.57. The van der Waals surface area contributed by atoms with E-state index in [1.165, 1.54) is 0 Å². The largest absolute Gasteiger partial charge is 0.391 e. The molecule has 9 nitrogen and oxygen atoms in total. The molecule has 32 heavy (non-hydrogen) atoms. The lowest BCUT2D eigenvalue weighted by atomic mass is 9.73. The second-order valence-corrected chi connectivity index (χ2v) is 9.44. The average molecular weight is 453 g/mol. The van der Waals surface area contributed by atoms with Crippen LogP contribution in [0.3, 0.4) is 0 Å². The Labute approximate surface area is 188 Å². The van der Waals surface area contributed by atoms with E-state index < -0.39 is 54.1 Å². The summed E-state index contributed by atoms with van der Waals surface area (Å²) in [6.07, 6.45) is -1.30. The molecule has 3 aliphatic rings. The van der Waals surface area contributed by atoms with Crippen LogP contribution in [0.4, 0.5) is 0 Å². The van der Waals surface area contributed by atoms with Crippen LogP contribution in [-0.2, 0) is 20.6 Å². The smallest absolute Gasteiger partial charge is 0.248 e. The minimum absolute atomic E-state index is 0.163. The van der Waals surface area contributed by atoms with Crippen molar-refractivity contribution >= 4 is 0 Å². The molecule has 0 unspecified atom stereocenters. The van der Waals surface area contributed by atoms with Gasteiger partial charge in [0.15, 0.2) is 0 Å². The van der Waals surface area contributed by atoms with E-state index in [4.69, 9.17) is 14.2 Å². The Hall–Kier alpha value is -1.17. The summed E-state index contributed by atoms with van der Waals surface area (Å²) in [6, 6.07) is 5.10. The van der Waals surface area contributed by atoms with Gasteiger partial charge < -0.3 is 40.0 Å². The van der Waals surface area contributed by atoms with Crippen LogP contribution in [0.25, 0.3) is 0 Å². The molecule has 3 heterocycles. The maximum Gasteiger partial charge on any atom is 0.248 e. The first kappa shape index (κ1) is 24.0. The van der Waals surface area contributed by atoms with Gasteiger partial charge in [-0.05, 0) is 51.8 Å². The molecule has 1 aliphatic carbocycles. The molecule has 0 radical (unpaired) electrons. The fourth-order valence-electron chi connectivity index (χ4n) is 5.64. The molecule has 180 valence electrons. The molecule has 0 bridgehead atoms. The molecule has 1 saturated carbocycles. The lowest BCUT2D eigenvalue weighted by Crippen LogP contribution is -2.78. The van der Waals surface area contributed by atoms with E-state index in [1.807, 2.05) is 32.0 Å². The van der Waals surface area contributed by atoms with Crippen molar-refractivity contribution < 1.29 is 34.6 Å². The molecule has 2 saturated heterocycles. The Morgan fingerprint density at radius 2 is 1.94 bits per heavy atom. The SMILES string of the molecule is CC[C@@H]1[C@H](O)[C@H](NC)[C@H]2O[C@]3(O)[C@H](O[C@@H]2[C@H]1O)O[C@H](C)C[C@@]3(O)CCCc1ccccn1. The zero-order chi connectivity index (χ0) is 23.1. The first-order valence-corrected chi connectivity index (χ1v) is 11.6. The van der Waals surface area contributed by atoms with Gasteiger partial charge in [-0.3, -0.25) is 4.98 Å². The highest BCUT2D eigenvalue weighted by Crippen LogP contribution is 2.49. The van der Waals surface area contributed by atoms with Crippen LogP contribution in [0, 0.1) is 5.92 Å². The van der Waals surface area contributed by atoms with Crippen molar-refractivity contribution in [1.29, 1.82) is 0 Å². The van der Waals surface area contributed by atoms with Gasteiger partial charge in [0.1, 0.15) is 17.8 Å². The minimum Gasteiger partial charge on any atom is -0.391 e. The summed E-state index contributed by atoms with van der Waals surface area (Å²) in [4.78, 5) is 4.32. The highest BCUT2D eigenvalue weighted by Gasteiger charge is 2.68. The molecular formula is C23H36N2O7. The van der Waals surface area contributed by atoms with Crippen molar-refractivity contribution in [2.75, 3.05) is 7.05 Å². The topological polar surface area (TPSA) is 134 Å². The quantitative estimate of drug-likeness (QED) is 0.407. The van der Waals surface area contributed by atoms with Crippen molar-refractivity contribution in [3.05, 3.63) is 30.1 Å². The summed E-state index contributed by atoms with van der Waals surface area (Å²) in [6.45, 7) is 3.70. The normalized spacial score (nSPS) is 46.3. The highest BCUT2D eigenvalue weighted by molar-refractivity contribution is 5.11. The summed E-state index contributed by atoms with van der Waals surface area (Å²) in [5.74, 6) is -2.56. The monoisotopic (exact) mass is 452 g/mol. The second kappa shape index (κ2) is 9.23. The Bertz CT molecular complexity index is 770. The van der Waals surface area contributed by atoms with Gasteiger partial charge in [-0.1, -0.05) is 13.0 Å². The number of aliphatic hydroxyl groups excluding tert-OH is 2. The van der Waals surface area contributed by atoms with Gasteiger partial charge in [-0.15, -0.1) is 0 Å². The van der Waals surface area contributed by atoms with Gasteiger partial charge >= 0.3 is 0 Å². The fourth-order valence-corrected chi connectivity index (χ4v) is 5.64. The molecule has 10 atom stereocenters. The number of hydrogen-bond acceptors (Lipinski definition) is 9. The third-order valence-corrected chi connectivity index (χ3v) is 7.38. The van der Waals surface area contributed by atoms with E-state index in [2.05, 4.69) is 10.3 Å². The van der Waals surface area contributed by atoms with Crippen molar-refractivity contribution in [1.82, 2.24) is 10.3 Å². The number of hydrogen-bond donors (Lipinski definition) is 5. The van der Waals surface area contributed by atoms with Crippen LogP contribution in [0.2, 0.25) is 0 Å². The van der Waals surface area contributed by atoms with Crippen LogP contribution >= 0.6 is 0 Å². The molecule has 0 amide bonds. The molecule has 3 fully saturated rings. The van der Waals surface area contributed by atoms with Crippen LogP contribution in [0.15, 0.2) is 24.4 Å². The molecule has 1 aromatic heterocycles. The van der Waals surface area contributed by atoms with Gasteiger partial charge in [0.25, 0.3) is 0 Å². The molecule has 5 N–H and O–H groups in total. The summed E-state index contributed by atoms with van der Waals surface area (Å²) in [5.41, 5.74) is -0.731. The predicted octanol–water partition coefficient (Wildman–Crippen LogP) is 0.0925. The first-order chi connectivity index (χ1) is 15.2. The molecule has 4 rings (SSSR count). The number of rotatable bonds is 6. The van der Waals surface area contributed by atoms with Gasteiger partial charge in [-0.25, -0.2) is 0 Å².